The molecule has 0 spiro atoms. The number of carbonyl (C=O) groups is 1. The van der Waals surface area contributed by atoms with Gasteiger partial charge in [0, 0.05) is 12.6 Å². The number of hydrogen-bond acceptors (Lipinski definition) is 2. The summed E-state index contributed by atoms with van der Waals surface area (Å²) in [6, 6.07) is 0. The number of amides is 1. The van der Waals surface area contributed by atoms with Gasteiger partial charge in [0.1, 0.15) is 0 Å². The van der Waals surface area contributed by atoms with Crippen LogP contribution in [0.25, 0.3) is 0 Å². The maximum absolute atomic E-state index is 11.9. The van der Waals surface area contributed by atoms with Gasteiger partial charge in [0.25, 0.3) is 0 Å². The summed E-state index contributed by atoms with van der Waals surface area (Å²) in [7, 11) is 0. The van der Waals surface area contributed by atoms with Crippen LogP contribution in [0.1, 0.15) is 129 Å². The second kappa shape index (κ2) is 20.5. The van der Waals surface area contributed by atoms with Gasteiger partial charge in [-0.15, -0.1) is 0 Å². The molecule has 0 fully saturated rings. The van der Waals surface area contributed by atoms with E-state index in [4.69, 9.17) is 5.84 Å². The molecule has 2 N–H and O–H groups in total. The average Bonchev–Trinajstić information content (AvgIpc) is 2.65. The van der Waals surface area contributed by atoms with Gasteiger partial charge in [0.2, 0.25) is 5.91 Å². The number of nitrogens with two attached hydrogens (primary N) is 1. The van der Waals surface area contributed by atoms with Crippen molar-refractivity contribution in [2.45, 2.75) is 129 Å². The molecule has 0 aromatic heterocycles. The Hall–Kier alpha value is -0.830. The number of hydrazine groups is 1. The van der Waals surface area contributed by atoms with Crippen molar-refractivity contribution in [2.24, 2.45) is 5.84 Å². The minimum Gasteiger partial charge on any atom is -0.273 e. The highest BCUT2D eigenvalue weighted by Gasteiger charge is 2.05. The number of nitrogens with zero attached hydrogens (tertiary/aromatic N) is 1. The van der Waals surface area contributed by atoms with Crippen LogP contribution < -0.4 is 5.84 Å². The normalized spacial score (nSPS) is 11.3. The molecule has 0 radical (unpaired) electrons. The van der Waals surface area contributed by atoms with Crippen LogP contribution in [0, 0.1) is 0 Å². The minimum absolute atomic E-state index is 0.0415. The third-order valence-corrected chi connectivity index (χ3v) is 5.02. The maximum Gasteiger partial charge on any atom is 0.240 e. The zero-order valence-electron chi connectivity index (χ0n) is 17.8. The predicted molar refractivity (Wildman–Crippen MR) is 115 cm³/mol. The van der Waals surface area contributed by atoms with Crippen molar-refractivity contribution >= 4 is 5.91 Å². The van der Waals surface area contributed by atoms with Gasteiger partial charge in [0.15, 0.2) is 0 Å². The van der Waals surface area contributed by atoms with Gasteiger partial charge in [-0.2, -0.15) is 0 Å². The largest absolute Gasteiger partial charge is 0.273 e. The van der Waals surface area contributed by atoms with Crippen molar-refractivity contribution in [3.05, 3.63) is 12.3 Å². The van der Waals surface area contributed by atoms with Crippen LogP contribution in [0.2, 0.25) is 0 Å². The third-order valence-electron chi connectivity index (χ3n) is 5.02. The molecule has 0 aliphatic rings. The Morgan fingerprint density at radius 2 is 1.12 bits per heavy atom. The summed E-state index contributed by atoms with van der Waals surface area (Å²) in [4.78, 5) is 11.9. The van der Waals surface area contributed by atoms with Crippen LogP contribution in [-0.2, 0) is 4.79 Å². The molecule has 0 saturated carbocycles. The lowest BCUT2D eigenvalue weighted by Gasteiger charge is -2.11. The highest BCUT2D eigenvalue weighted by Crippen LogP contribution is 2.11. The van der Waals surface area contributed by atoms with Gasteiger partial charge in [-0.05, 0) is 19.3 Å². The van der Waals surface area contributed by atoms with Crippen molar-refractivity contribution in [3.63, 3.8) is 0 Å². The van der Waals surface area contributed by atoms with Crippen molar-refractivity contribution in [1.29, 1.82) is 0 Å². The zero-order valence-corrected chi connectivity index (χ0v) is 17.8. The van der Waals surface area contributed by atoms with E-state index in [0.717, 1.165) is 19.3 Å². The molecule has 3 nitrogen and oxygen atoms in total. The fourth-order valence-corrected chi connectivity index (χ4v) is 3.21. The van der Waals surface area contributed by atoms with Gasteiger partial charge in [0.05, 0.1) is 0 Å². The van der Waals surface area contributed by atoms with Gasteiger partial charge in [-0.1, -0.05) is 110 Å². The summed E-state index contributed by atoms with van der Waals surface area (Å²) in [5.41, 5.74) is 0. The average molecular weight is 367 g/mol. The molecular weight excluding hydrogens is 320 g/mol. The molecule has 1 amide bonds. The summed E-state index contributed by atoms with van der Waals surface area (Å²) < 4.78 is 0. The Morgan fingerprint density at radius 3 is 1.62 bits per heavy atom. The minimum atomic E-state index is 0.0415. The standard InChI is InChI=1S/C23H46N2O/c1-3-5-7-9-11-12-13-14-15-16-18-20-22-25(24)23(26)21-19-17-10-8-6-4-2/h20,22H,3-19,21,24H2,1-2H3/b22-20-. The molecule has 0 aliphatic carbocycles. The van der Waals surface area contributed by atoms with Crippen molar-refractivity contribution in [3.8, 4) is 0 Å². The van der Waals surface area contributed by atoms with E-state index in [9.17, 15) is 4.79 Å². The second-order valence-electron chi connectivity index (χ2n) is 7.67. The molecule has 0 atom stereocenters. The monoisotopic (exact) mass is 366 g/mol. The molecule has 0 aromatic rings. The number of rotatable bonds is 19. The topological polar surface area (TPSA) is 46.3 Å². The number of carbonyl (C=O) groups excluding carboxylic acids is 1. The summed E-state index contributed by atoms with van der Waals surface area (Å²) >= 11 is 0. The van der Waals surface area contributed by atoms with Gasteiger partial charge < -0.3 is 0 Å². The van der Waals surface area contributed by atoms with Gasteiger partial charge in [-0.3, -0.25) is 9.80 Å². The van der Waals surface area contributed by atoms with Crippen LogP contribution in [0.4, 0.5) is 0 Å². The number of hydrogen-bond donors (Lipinski definition) is 1. The Kier molecular flexibility index (Phi) is 19.8. The van der Waals surface area contributed by atoms with Crippen molar-refractivity contribution in [2.75, 3.05) is 0 Å². The molecule has 26 heavy (non-hydrogen) atoms. The highest BCUT2D eigenvalue weighted by atomic mass is 16.2. The lowest BCUT2D eigenvalue weighted by molar-refractivity contribution is -0.129. The lowest BCUT2D eigenvalue weighted by atomic mass is 10.1. The first-order chi connectivity index (χ1) is 12.7. The summed E-state index contributed by atoms with van der Waals surface area (Å²) in [5, 5.41) is 1.28. The van der Waals surface area contributed by atoms with Crippen LogP contribution in [0.3, 0.4) is 0 Å². The van der Waals surface area contributed by atoms with E-state index >= 15 is 0 Å². The Labute approximate surface area is 163 Å². The van der Waals surface area contributed by atoms with Gasteiger partial charge in [-0.25, -0.2) is 5.84 Å². The Morgan fingerprint density at radius 1 is 0.692 bits per heavy atom. The predicted octanol–water partition coefficient (Wildman–Crippen LogP) is 7.26. The molecular formula is C23H46N2O. The Bertz CT molecular complexity index is 328. The molecule has 0 bridgehead atoms. The van der Waals surface area contributed by atoms with Crippen LogP contribution in [0.15, 0.2) is 12.3 Å². The molecule has 0 unspecified atom stereocenters. The smallest absolute Gasteiger partial charge is 0.240 e. The summed E-state index contributed by atoms with van der Waals surface area (Å²) in [6.45, 7) is 4.49. The summed E-state index contributed by atoms with van der Waals surface area (Å²) in [6.07, 6.45) is 26.1. The first-order valence-corrected chi connectivity index (χ1v) is 11.5. The van der Waals surface area contributed by atoms with Crippen molar-refractivity contribution in [1.82, 2.24) is 5.01 Å². The third kappa shape index (κ3) is 18.0. The van der Waals surface area contributed by atoms with Crippen LogP contribution in [0.5, 0.6) is 0 Å². The second-order valence-corrected chi connectivity index (χ2v) is 7.67. The fraction of sp³-hybridized carbons (Fsp3) is 0.870. The first-order valence-electron chi connectivity index (χ1n) is 11.5. The molecule has 154 valence electrons. The SMILES string of the molecule is CCCCCCCCCCCC/C=C\N(N)C(=O)CCCCCCCC. The quantitative estimate of drug-likeness (QED) is 0.113. The van der Waals surface area contributed by atoms with E-state index in [2.05, 4.69) is 13.8 Å². The van der Waals surface area contributed by atoms with Crippen LogP contribution in [-0.4, -0.2) is 10.9 Å². The maximum atomic E-state index is 11.9. The molecule has 3 heteroatoms. The number of allylic oxidation sites excluding steroid dienone is 1. The zero-order chi connectivity index (χ0) is 19.3. The lowest BCUT2D eigenvalue weighted by Crippen LogP contribution is -2.31. The molecule has 0 saturated heterocycles. The fourth-order valence-electron chi connectivity index (χ4n) is 3.21. The number of unbranched alkanes of at least 4 members (excludes halogenated alkanes) is 15. The van der Waals surface area contributed by atoms with E-state index in [0.29, 0.717) is 6.42 Å². The van der Waals surface area contributed by atoms with E-state index < -0.39 is 0 Å². The van der Waals surface area contributed by atoms with Crippen LogP contribution >= 0.6 is 0 Å². The molecule has 0 aliphatic heterocycles. The molecule has 0 rings (SSSR count). The highest BCUT2D eigenvalue weighted by molar-refractivity contribution is 5.76. The van der Waals surface area contributed by atoms with E-state index in [1.807, 2.05) is 6.08 Å². The molecule has 0 heterocycles. The molecule has 0 aromatic carbocycles. The van der Waals surface area contributed by atoms with E-state index in [1.54, 1.807) is 6.20 Å². The van der Waals surface area contributed by atoms with Crippen molar-refractivity contribution < 1.29 is 4.79 Å². The van der Waals surface area contributed by atoms with Gasteiger partial charge >= 0.3 is 0 Å². The first kappa shape index (κ1) is 25.2. The van der Waals surface area contributed by atoms with E-state index in [-0.39, 0.29) is 5.91 Å². The van der Waals surface area contributed by atoms with E-state index in [1.165, 1.54) is 94.9 Å². The summed E-state index contributed by atoms with van der Waals surface area (Å²) in [5.74, 6) is 5.85. The Balaban J connectivity index is 3.41.